The Bertz CT molecular complexity index is 329. The normalized spacial score (nSPS) is 11.4. The quantitative estimate of drug-likeness (QED) is 0.592. The third-order valence-corrected chi connectivity index (χ3v) is 1.59. The number of halogens is 3. The summed E-state index contributed by atoms with van der Waals surface area (Å²) in [6, 6.07) is 5.35. The number of carbonyl (C=O) groups excluding carboxylic acids is 1. The van der Waals surface area contributed by atoms with Crippen molar-refractivity contribution in [2.75, 3.05) is 5.73 Å². The average molecular weight is 203 g/mol. The maximum Gasteiger partial charge on any atom is 0.396 e. The molecule has 0 bridgehead atoms. The van der Waals surface area contributed by atoms with Crippen molar-refractivity contribution >= 4 is 11.5 Å². The molecule has 0 aliphatic heterocycles. The lowest BCUT2D eigenvalue weighted by atomic mass is 10.1. The van der Waals surface area contributed by atoms with Crippen LogP contribution in [0.3, 0.4) is 0 Å². The minimum absolute atomic E-state index is 0.0246. The molecule has 1 aromatic carbocycles. The van der Waals surface area contributed by atoms with Gasteiger partial charge in [0.25, 0.3) is 0 Å². The lowest BCUT2D eigenvalue weighted by Crippen LogP contribution is -2.14. The van der Waals surface area contributed by atoms with Gasteiger partial charge in [0.15, 0.2) is 5.78 Å². The molecule has 1 rings (SSSR count). The van der Waals surface area contributed by atoms with Gasteiger partial charge in [-0.15, -0.1) is 0 Å². The number of rotatable bonds is 2. The second-order valence-electron chi connectivity index (χ2n) is 2.84. The van der Waals surface area contributed by atoms with E-state index in [0.717, 1.165) is 0 Å². The number of hydrogen-bond acceptors (Lipinski definition) is 2. The average Bonchev–Trinajstić information content (AvgIpc) is 2.02. The van der Waals surface area contributed by atoms with Crippen molar-refractivity contribution in [1.82, 2.24) is 0 Å². The van der Waals surface area contributed by atoms with Gasteiger partial charge in [-0.2, -0.15) is 13.2 Å². The van der Waals surface area contributed by atoms with E-state index in [4.69, 9.17) is 5.73 Å². The van der Waals surface area contributed by atoms with Crippen LogP contribution in [0.2, 0.25) is 0 Å². The van der Waals surface area contributed by atoms with Crippen LogP contribution in [0.4, 0.5) is 18.9 Å². The van der Waals surface area contributed by atoms with Gasteiger partial charge in [0.1, 0.15) is 6.42 Å². The van der Waals surface area contributed by atoms with Gasteiger partial charge in [-0.05, 0) is 24.3 Å². The van der Waals surface area contributed by atoms with E-state index < -0.39 is 18.4 Å². The first-order chi connectivity index (χ1) is 6.38. The number of Topliss-reactive ketones (excluding diaryl/α,β-unsaturated/α-hetero) is 1. The Morgan fingerprint density at radius 3 is 2.14 bits per heavy atom. The van der Waals surface area contributed by atoms with E-state index in [9.17, 15) is 18.0 Å². The molecule has 0 aliphatic rings. The number of ketones is 1. The highest BCUT2D eigenvalue weighted by Gasteiger charge is 2.31. The highest BCUT2D eigenvalue weighted by atomic mass is 19.4. The Labute approximate surface area is 78.5 Å². The Kier molecular flexibility index (Phi) is 2.78. The smallest absolute Gasteiger partial charge is 0.396 e. The molecule has 0 aliphatic carbocycles. The number of alkyl halides is 3. The van der Waals surface area contributed by atoms with Crippen LogP contribution in [0.15, 0.2) is 24.3 Å². The molecule has 0 saturated heterocycles. The molecule has 0 heterocycles. The van der Waals surface area contributed by atoms with Gasteiger partial charge in [-0.1, -0.05) is 0 Å². The van der Waals surface area contributed by atoms with Gasteiger partial charge >= 0.3 is 6.18 Å². The predicted octanol–water partition coefficient (Wildman–Crippen LogP) is 2.40. The molecule has 0 fully saturated rings. The fraction of sp³-hybridized carbons (Fsp3) is 0.222. The molecule has 0 aromatic heterocycles. The van der Waals surface area contributed by atoms with Crippen molar-refractivity contribution in [2.24, 2.45) is 0 Å². The number of nitrogens with two attached hydrogens (primary N) is 1. The minimum Gasteiger partial charge on any atom is -0.399 e. The number of anilines is 1. The summed E-state index contributed by atoms with van der Waals surface area (Å²) in [7, 11) is 0. The van der Waals surface area contributed by atoms with Gasteiger partial charge in [-0.25, -0.2) is 0 Å². The predicted molar refractivity (Wildman–Crippen MR) is 45.9 cm³/mol. The first-order valence-electron chi connectivity index (χ1n) is 3.84. The van der Waals surface area contributed by atoms with Gasteiger partial charge in [0.05, 0.1) is 0 Å². The zero-order chi connectivity index (χ0) is 10.8. The van der Waals surface area contributed by atoms with Crippen LogP contribution >= 0.6 is 0 Å². The third-order valence-electron chi connectivity index (χ3n) is 1.59. The molecule has 5 heteroatoms. The maximum atomic E-state index is 11.8. The van der Waals surface area contributed by atoms with Crippen molar-refractivity contribution in [3.63, 3.8) is 0 Å². The molecule has 0 amide bonds. The lowest BCUT2D eigenvalue weighted by Gasteiger charge is -2.05. The fourth-order valence-electron chi connectivity index (χ4n) is 0.953. The first-order valence-corrected chi connectivity index (χ1v) is 3.84. The maximum absolute atomic E-state index is 11.8. The molecule has 2 nitrogen and oxygen atoms in total. The van der Waals surface area contributed by atoms with Gasteiger partial charge in [0.2, 0.25) is 0 Å². The van der Waals surface area contributed by atoms with Crippen LogP contribution in [0.1, 0.15) is 16.8 Å². The van der Waals surface area contributed by atoms with E-state index >= 15 is 0 Å². The molecular formula is C9H8F3NO. The van der Waals surface area contributed by atoms with Crippen molar-refractivity contribution < 1.29 is 18.0 Å². The zero-order valence-electron chi connectivity index (χ0n) is 7.14. The van der Waals surface area contributed by atoms with Crippen LogP contribution in [0, 0.1) is 0 Å². The largest absolute Gasteiger partial charge is 0.399 e. The summed E-state index contributed by atoms with van der Waals surface area (Å²) in [4.78, 5) is 11.0. The van der Waals surface area contributed by atoms with Crippen molar-refractivity contribution in [1.29, 1.82) is 0 Å². The van der Waals surface area contributed by atoms with Gasteiger partial charge in [0, 0.05) is 11.3 Å². The highest BCUT2D eigenvalue weighted by molar-refractivity contribution is 5.96. The van der Waals surface area contributed by atoms with Crippen molar-refractivity contribution in [2.45, 2.75) is 12.6 Å². The van der Waals surface area contributed by atoms with Crippen LogP contribution in [0.5, 0.6) is 0 Å². The highest BCUT2D eigenvalue weighted by Crippen LogP contribution is 2.22. The second-order valence-corrected chi connectivity index (χ2v) is 2.84. The standard InChI is InChI=1S/C9H8F3NO/c10-9(11,12)5-8(14)6-1-3-7(13)4-2-6/h1-4H,5,13H2. The lowest BCUT2D eigenvalue weighted by molar-refractivity contribution is -0.125. The summed E-state index contributed by atoms with van der Waals surface area (Å²) >= 11 is 0. The first kappa shape index (κ1) is 10.6. The molecule has 0 atom stereocenters. The van der Waals surface area contributed by atoms with E-state index in [1.54, 1.807) is 0 Å². The van der Waals surface area contributed by atoms with E-state index in [-0.39, 0.29) is 5.56 Å². The van der Waals surface area contributed by atoms with E-state index in [1.807, 2.05) is 0 Å². The summed E-state index contributed by atoms with van der Waals surface area (Å²) < 4.78 is 35.5. The molecule has 0 radical (unpaired) electrons. The molecular weight excluding hydrogens is 195 g/mol. The summed E-state index contributed by atoms with van der Waals surface area (Å²) in [5, 5.41) is 0. The summed E-state index contributed by atoms with van der Waals surface area (Å²) in [5.74, 6) is -0.947. The fourth-order valence-corrected chi connectivity index (χ4v) is 0.953. The van der Waals surface area contributed by atoms with Crippen LogP contribution in [-0.2, 0) is 0 Å². The zero-order valence-corrected chi connectivity index (χ0v) is 7.14. The molecule has 0 unspecified atom stereocenters. The summed E-state index contributed by atoms with van der Waals surface area (Å²) in [6.45, 7) is 0. The molecule has 2 N–H and O–H groups in total. The van der Waals surface area contributed by atoms with Gasteiger partial charge in [-0.3, -0.25) is 4.79 Å². The van der Waals surface area contributed by atoms with Crippen LogP contribution in [0.25, 0.3) is 0 Å². The second kappa shape index (κ2) is 3.69. The van der Waals surface area contributed by atoms with Crippen molar-refractivity contribution in [3.05, 3.63) is 29.8 Å². The van der Waals surface area contributed by atoms with Crippen molar-refractivity contribution in [3.8, 4) is 0 Å². The minimum atomic E-state index is -4.46. The summed E-state index contributed by atoms with van der Waals surface area (Å²) in [6.07, 6.45) is -5.89. The number of nitrogen functional groups attached to an aromatic ring is 1. The van der Waals surface area contributed by atoms with Crippen LogP contribution < -0.4 is 5.73 Å². The molecule has 0 spiro atoms. The number of benzene rings is 1. The third kappa shape index (κ3) is 3.08. The summed E-state index contributed by atoms with van der Waals surface area (Å²) in [5.41, 5.74) is 5.76. The topological polar surface area (TPSA) is 43.1 Å². The molecule has 76 valence electrons. The van der Waals surface area contributed by atoms with Gasteiger partial charge < -0.3 is 5.73 Å². The van der Waals surface area contributed by atoms with Crippen LogP contribution in [-0.4, -0.2) is 12.0 Å². The van der Waals surface area contributed by atoms with E-state index in [1.165, 1.54) is 24.3 Å². The number of hydrogen-bond donors (Lipinski definition) is 1. The number of carbonyl (C=O) groups is 1. The van der Waals surface area contributed by atoms with E-state index in [2.05, 4.69) is 0 Å². The Morgan fingerprint density at radius 1 is 1.21 bits per heavy atom. The Hall–Kier alpha value is -1.52. The Balaban J connectivity index is 2.76. The molecule has 0 saturated carbocycles. The molecule has 1 aromatic rings. The Morgan fingerprint density at radius 2 is 1.71 bits per heavy atom. The monoisotopic (exact) mass is 203 g/mol. The van der Waals surface area contributed by atoms with E-state index in [0.29, 0.717) is 5.69 Å². The SMILES string of the molecule is Nc1ccc(C(=O)CC(F)(F)F)cc1. The molecule has 14 heavy (non-hydrogen) atoms.